The summed E-state index contributed by atoms with van der Waals surface area (Å²) in [6.07, 6.45) is 13.6. The molecule has 0 heterocycles. The highest BCUT2D eigenvalue weighted by molar-refractivity contribution is 8.04. The van der Waals surface area contributed by atoms with Gasteiger partial charge in [-0.1, -0.05) is 40.0 Å². The molecule has 2 heteroatoms. The van der Waals surface area contributed by atoms with Crippen molar-refractivity contribution in [2.24, 2.45) is 0 Å². The summed E-state index contributed by atoms with van der Waals surface area (Å²) in [4.78, 5) is 0. The lowest BCUT2D eigenvalue weighted by Gasteiger charge is -2.31. The van der Waals surface area contributed by atoms with Crippen LogP contribution in [-0.2, 0) is 0 Å². The molecule has 0 aromatic carbocycles. The second kappa shape index (κ2) is 9.65. The van der Waals surface area contributed by atoms with Gasteiger partial charge < -0.3 is 0 Å². The molecule has 0 saturated heterocycles. The molecule has 0 aromatic heterocycles. The Balaban J connectivity index is 4.46. The highest BCUT2D eigenvalue weighted by Gasteiger charge is 2.39. The third kappa shape index (κ3) is 5.82. The van der Waals surface area contributed by atoms with Gasteiger partial charge in [0.05, 0.1) is 0 Å². The van der Waals surface area contributed by atoms with E-state index in [1.165, 1.54) is 38.5 Å². The minimum absolute atomic E-state index is 0.405. The number of unbranched alkanes of at least 4 members (excludes halogenated alkanes) is 3. The number of hydrogen-bond acceptors (Lipinski definition) is 0. The molecule has 0 amide bonds. The van der Waals surface area contributed by atoms with Gasteiger partial charge in [-0.05, 0) is 39.2 Å². The lowest BCUT2D eigenvalue weighted by molar-refractivity contribution is 0.843. The first-order chi connectivity index (χ1) is 7.63. The predicted octanol–water partition coefficient (Wildman–Crippen LogP) is 5.39. The van der Waals surface area contributed by atoms with Crippen LogP contribution in [0.5, 0.6) is 0 Å². The highest BCUT2D eigenvalue weighted by atomic mass is 31.4. The van der Waals surface area contributed by atoms with Crippen molar-refractivity contribution in [2.75, 3.05) is 18.5 Å². The molecule has 0 aliphatic heterocycles. The van der Waals surface area contributed by atoms with Gasteiger partial charge in [-0.15, -0.1) is 0 Å². The first-order valence-corrected chi connectivity index (χ1v) is 13.8. The number of hydrogen-bond donors (Lipinski definition) is 0. The summed E-state index contributed by atoms with van der Waals surface area (Å²) in [5.41, 5.74) is 0. The average Bonchev–Trinajstić information content (AvgIpc) is 2.28. The molecule has 0 spiro atoms. The summed E-state index contributed by atoms with van der Waals surface area (Å²) in [6, 6.07) is 0. The Morgan fingerprint density at radius 2 is 1.00 bits per heavy atom. The van der Waals surface area contributed by atoms with Gasteiger partial charge in [0, 0.05) is 18.5 Å². The van der Waals surface area contributed by atoms with Crippen LogP contribution in [0.15, 0.2) is 0 Å². The van der Waals surface area contributed by atoms with Crippen molar-refractivity contribution < 1.29 is 0 Å². The third-order valence-electron chi connectivity index (χ3n) is 3.97. The van der Waals surface area contributed by atoms with Crippen LogP contribution in [-0.4, -0.2) is 26.9 Å². The minimum Gasteiger partial charge on any atom is -0.0652 e. The molecular formula is C14H34PSi+. The zero-order valence-corrected chi connectivity index (χ0v) is 14.4. The molecule has 16 heavy (non-hydrogen) atoms. The standard InChI is InChI=1S/C14H34PSi/c1-6-9-12-15(16(4)5,13-10-7-2)14-11-8-3/h16H,6-14H2,1-5H3/q+1. The third-order valence-corrected chi connectivity index (χ3v) is 18.7. The second-order valence-electron chi connectivity index (χ2n) is 5.54. The van der Waals surface area contributed by atoms with E-state index in [9.17, 15) is 0 Å². The van der Waals surface area contributed by atoms with Crippen LogP contribution >= 0.6 is 6.81 Å². The van der Waals surface area contributed by atoms with E-state index in [1.807, 2.05) is 0 Å². The Bertz CT molecular complexity index is 135. The van der Waals surface area contributed by atoms with E-state index < -0.39 is 15.3 Å². The fraction of sp³-hybridized carbons (Fsp3) is 1.00. The Morgan fingerprint density at radius 3 is 1.19 bits per heavy atom. The lowest BCUT2D eigenvalue weighted by Crippen LogP contribution is -2.20. The smallest absolute Gasteiger partial charge is 0.0652 e. The van der Waals surface area contributed by atoms with Crippen molar-refractivity contribution in [1.82, 2.24) is 0 Å². The Kier molecular flexibility index (Phi) is 10.0. The van der Waals surface area contributed by atoms with Crippen molar-refractivity contribution >= 4 is 15.3 Å². The van der Waals surface area contributed by atoms with E-state index in [2.05, 4.69) is 33.9 Å². The number of rotatable bonds is 10. The first-order valence-electron chi connectivity index (χ1n) is 7.48. The van der Waals surface area contributed by atoms with E-state index in [4.69, 9.17) is 0 Å². The van der Waals surface area contributed by atoms with Crippen LogP contribution in [0, 0.1) is 0 Å². The Hall–Kier alpha value is 0.647. The monoisotopic (exact) mass is 261 g/mol. The summed E-state index contributed by atoms with van der Waals surface area (Å²) >= 11 is 0. The van der Waals surface area contributed by atoms with Crippen LogP contribution < -0.4 is 0 Å². The molecule has 0 radical (unpaired) electrons. The molecule has 0 aromatic rings. The normalized spacial score (nSPS) is 12.4. The topological polar surface area (TPSA) is 0 Å². The van der Waals surface area contributed by atoms with Crippen LogP contribution in [0.1, 0.15) is 59.3 Å². The zero-order chi connectivity index (χ0) is 12.4. The fourth-order valence-electron chi connectivity index (χ4n) is 2.53. The van der Waals surface area contributed by atoms with Crippen molar-refractivity contribution in [1.29, 1.82) is 0 Å². The summed E-state index contributed by atoms with van der Waals surface area (Å²) in [6.45, 7) is 11.9. The van der Waals surface area contributed by atoms with Gasteiger partial charge >= 0.3 is 0 Å². The molecule has 0 rings (SSSR count). The molecule has 0 unspecified atom stereocenters. The largest absolute Gasteiger partial charge is 0.209 e. The molecule has 0 atom stereocenters. The maximum Gasteiger partial charge on any atom is 0.209 e. The van der Waals surface area contributed by atoms with Gasteiger partial charge in [-0.3, -0.25) is 0 Å². The quantitative estimate of drug-likeness (QED) is 0.365. The molecule has 0 fully saturated rings. The second-order valence-corrected chi connectivity index (χ2v) is 17.9. The molecule has 0 bridgehead atoms. The Labute approximate surface area is 106 Å². The highest BCUT2D eigenvalue weighted by Crippen LogP contribution is 2.62. The van der Waals surface area contributed by atoms with Crippen molar-refractivity contribution in [3.05, 3.63) is 0 Å². The van der Waals surface area contributed by atoms with E-state index >= 15 is 0 Å². The maximum atomic E-state index is 2.63. The van der Waals surface area contributed by atoms with Crippen molar-refractivity contribution in [3.8, 4) is 0 Å². The lowest BCUT2D eigenvalue weighted by atomic mass is 10.4. The van der Waals surface area contributed by atoms with Gasteiger partial charge in [0.1, 0.15) is 0 Å². The predicted molar refractivity (Wildman–Crippen MR) is 85.1 cm³/mol. The molecule has 0 nitrogen and oxygen atoms in total. The molecule has 0 aliphatic rings. The summed E-state index contributed by atoms with van der Waals surface area (Å²) < 4.78 is 0. The van der Waals surface area contributed by atoms with Crippen LogP contribution in [0.25, 0.3) is 0 Å². The Morgan fingerprint density at radius 1 is 0.688 bits per heavy atom. The van der Waals surface area contributed by atoms with E-state index in [0.717, 1.165) is 0 Å². The average molecular weight is 261 g/mol. The van der Waals surface area contributed by atoms with E-state index in [-0.39, 0.29) is 0 Å². The molecule has 98 valence electrons. The first kappa shape index (κ1) is 16.6. The van der Waals surface area contributed by atoms with Crippen molar-refractivity contribution in [3.63, 3.8) is 0 Å². The minimum atomic E-state index is -0.479. The van der Waals surface area contributed by atoms with Crippen LogP contribution in [0.4, 0.5) is 0 Å². The molecular weight excluding hydrogens is 227 g/mol. The van der Waals surface area contributed by atoms with Crippen molar-refractivity contribution in [2.45, 2.75) is 72.4 Å². The maximum absolute atomic E-state index is 2.63. The van der Waals surface area contributed by atoms with E-state index in [1.54, 1.807) is 18.5 Å². The van der Waals surface area contributed by atoms with Crippen LogP contribution in [0.2, 0.25) is 13.1 Å². The summed E-state index contributed by atoms with van der Waals surface area (Å²) in [5, 5.41) is 0. The van der Waals surface area contributed by atoms with Gasteiger partial charge in [-0.25, -0.2) is 0 Å². The summed E-state index contributed by atoms with van der Waals surface area (Å²) in [7, 11) is -0.405. The van der Waals surface area contributed by atoms with Gasteiger partial charge in [-0.2, -0.15) is 0 Å². The van der Waals surface area contributed by atoms with Gasteiger partial charge in [0.25, 0.3) is 0 Å². The fourth-order valence-corrected chi connectivity index (χ4v) is 13.9. The molecule has 0 aliphatic carbocycles. The SMILES string of the molecule is CCCC[P+](CCCC)(CCCC)[SiH](C)C. The molecule has 0 saturated carbocycles. The molecule has 0 N–H and O–H groups in total. The zero-order valence-electron chi connectivity index (χ0n) is 12.4. The summed E-state index contributed by atoms with van der Waals surface area (Å²) in [5.74, 6) is 0. The van der Waals surface area contributed by atoms with E-state index in [0.29, 0.717) is 0 Å². The van der Waals surface area contributed by atoms with Crippen LogP contribution in [0.3, 0.4) is 0 Å². The van der Waals surface area contributed by atoms with Gasteiger partial charge in [0.15, 0.2) is 0 Å². The van der Waals surface area contributed by atoms with Gasteiger partial charge in [0.2, 0.25) is 8.46 Å².